The Morgan fingerprint density at radius 1 is 1.35 bits per heavy atom. The average Bonchev–Trinajstić information content (AvgIpc) is 2.97. The van der Waals surface area contributed by atoms with Crippen molar-refractivity contribution in [2.24, 2.45) is 5.73 Å². The molecule has 0 bridgehead atoms. The minimum Gasteiger partial charge on any atom is -0.359 e. The van der Waals surface area contributed by atoms with Gasteiger partial charge in [0.25, 0.3) is 0 Å². The van der Waals surface area contributed by atoms with Gasteiger partial charge in [0.15, 0.2) is 5.82 Å². The minimum atomic E-state index is -0.392. The molecule has 3 N–H and O–H groups in total. The van der Waals surface area contributed by atoms with Crippen molar-refractivity contribution < 1.29 is 8.91 Å². The SMILES string of the molecule is NCc1nc(-c2ccc3cc[nH]c3c2F)no1. The third-order valence-corrected chi connectivity index (χ3v) is 2.55. The Morgan fingerprint density at radius 3 is 3.00 bits per heavy atom. The highest BCUT2D eigenvalue weighted by atomic mass is 19.1. The number of nitrogens with zero attached hydrogens (tertiary/aromatic N) is 2. The molecule has 0 unspecified atom stereocenters. The number of nitrogens with one attached hydrogen (secondary N) is 1. The Balaban J connectivity index is 2.19. The number of nitrogens with two attached hydrogens (primary N) is 1. The monoisotopic (exact) mass is 232 g/mol. The van der Waals surface area contributed by atoms with Gasteiger partial charge < -0.3 is 15.2 Å². The summed E-state index contributed by atoms with van der Waals surface area (Å²) in [5.74, 6) is 0.0994. The van der Waals surface area contributed by atoms with Crippen LogP contribution in [0.3, 0.4) is 0 Å². The van der Waals surface area contributed by atoms with Gasteiger partial charge in [-0.25, -0.2) is 4.39 Å². The van der Waals surface area contributed by atoms with Crippen LogP contribution in [0, 0.1) is 5.82 Å². The van der Waals surface area contributed by atoms with Crippen LogP contribution in [-0.2, 0) is 6.54 Å². The number of rotatable bonds is 2. The zero-order valence-electron chi connectivity index (χ0n) is 8.77. The predicted octanol–water partition coefficient (Wildman–Crippen LogP) is 1.82. The minimum absolute atomic E-state index is 0.138. The Kier molecular flexibility index (Phi) is 2.15. The lowest BCUT2D eigenvalue weighted by atomic mass is 10.1. The molecular weight excluding hydrogens is 223 g/mol. The lowest BCUT2D eigenvalue weighted by molar-refractivity contribution is 0.380. The zero-order valence-corrected chi connectivity index (χ0v) is 8.77. The second-order valence-electron chi connectivity index (χ2n) is 3.58. The predicted molar refractivity (Wildman–Crippen MR) is 59.4 cm³/mol. The topological polar surface area (TPSA) is 80.7 Å². The first-order valence-corrected chi connectivity index (χ1v) is 5.08. The lowest BCUT2D eigenvalue weighted by Crippen LogP contribution is -1.96. The van der Waals surface area contributed by atoms with Crippen molar-refractivity contribution in [1.29, 1.82) is 0 Å². The van der Waals surface area contributed by atoms with Gasteiger partial charge in [0.05, 0.1) is 17.6 Å². The van der Waals surface area contributed by atoms with E-state index in [1.807, 2.05) is 0 Å². The molecule has 2 heterocycles. The van der Waals surface area contributed by atoms with Crippen molar-refractivity contribution in [2.75, 3.05) is 0 Å². The van der Waals surface area contributed by atoms with Crippen LogP contribution >= 0.6 is 0 Å². The smallest absolute Gasteiger partial charge is 0.240 e. The van der Waals surface area contributed by atoms with Crippen molar-refractivity contribution >= 4 is 10.9 Å². The third kappa shape index (κ3) is 1.50. The molecule has 0 atom stereocenters. The maximum absolute atomic E-state index is 14.1. The van der Waals surface area contributed by atoms with E-state index in [0.29, 0.717) is 11.1 Å². The molecule has 0 spiro atoms. The summed E-state index contributed by atoms with van der Waals surface area (Å²) in [6.45, 7) is 0.138. The van der Waals surface area contributed by atoms with E-state index in [-0.39, 0.29) is 18.3 Å². The molecule has 6 heteroatoms. The fraction of sp³-hybridized carbons (Fsp3) is 0.0909. The van der Waals surface area contributed by atoms with E-state index in [4.69, 9.17) is 10.3 Å². The summed E-state index contributed by atoms with van der Waals surface area (Å²) in [6.07, 6.45) is 1.68. The Bertz CT molecular complexity index is 673. The molecule has 0 radical (unpaired) electrons. The van der Waals surface area contributed by atoms with Crippen LogP contribution in [0.5, 0.6) is 0 Å². The van der Waals surface area contributed by atoms with Crippen LogP contribution < -0.4 is 5.73 Å². The molecule has 17 heavy (non-hydrogen) atoms. The number of benzene rings is 1. The molecule has 0 saturated heterocycles. The van der Waals surface area contributed by atoms with Gasteiger partial charge in [0, 0.05) is 11.6 Å². The Morgan fingerprint density at radius 2 is 2.24 bits per heavy atom. The highest BCUT2D eigenvalue weighted by Gasteiger charge is 2.15. The summed E-state index contributed by atoms with van der Waals surface area (Å²) in [7, 11) is 0. The molecule has 0 aliphatic carbocycles. The molecule has 86 valence electrons. The van der Waals surface area contributed by atoms with Crippen molar-refractivity contribution in [2.45, 2.75) is 6.54 Å². The quantitative estimate of drug-likeness (QED) is 0.706. The number of halogens is 1. The Labute approximate surface area is 95.4 Å². The van der Waals surface area contributed by atoms with Gasteiger partial charge in [0.2, 0.25) is 11.7 Å². The van der Waals surface area contributed by atoms with Gasteiger partial charge in [-0.05, 0) is 12.1 Å². The van der Waals surface area contributed by atoms with Gasteiger partial charge in [-0.15, -0.1) is 0 Å². The van der Waals surface area contributed by atoms with Crippen LogP contribution in [0.4, 0.5) is 4.39 Å². The van der Waals surface area contributed by atoms with Gasteiger partial charge in [-0.2, -0.15) is 4.98 Å². The molecule has 3 rings (SSSR count). The number of aromatic nitrogens is 3. The van der Waals surface area contributed by atoms with Crippen LogP contribution in [0.25, 0.3) is 22.3 Å². The summed E-state index contributed by atoms with van der Waals surface area (Å²) >= 11 is 0. The number of aromatic amines is 1. The van der Waals surface area contributed by atoms with Crippen LogP contribution in [-0.4, -0.2) is 15.1 Å². The van der Waals surface area contributed by atoms with Crippen LogP contribution in [0.2, 0.25) is 0 Å². The second-order valence-corrected chi connectivity index (χ2v) is 3.58. The van der Waals surface area contributed by atoms with E-state index in [1.54, 1.807) is 24.4 Å². The number of hydrogen-bond donors (Lipinski definition) is 2. The average molecular weight is 232 g/mol. The molecule has 0 saturated carbocycles. The molecule has 0 aliphatic rings. The fourth-order valence-electron chi connectivity index (χ4n) is 1.71. The van der Waals surface area contributed by atoms with Gasteiger partial charge >= 0.3 is 0 Å². The van der Waals surface area contributed by atoms with E-state index in [0.717, 1.165) is 5.39 Å². The molecule has 0 amide bonds. The van der Waals surface area contributed by atoms with Crippen molar-refractivity contribution in [3.63, 3.8) is 0 Å². The van der Waals surface area contributed by atoms with Crippen molar-refractivity contribution in [1.82, 2.24) is 15.1 Å². The maximum atomic E-state index is 14.1. The van der Waals surface area contributed by atoms with Crippen LogP contribution in [0.1, 0.15) is 5.89 Å². The summed E-state index contributed by atoms with van der Waals surface area (Å²) in [5, 5.41) is 4.49. The first-order chi connectivity index (χ1) is 8.29. The fourth-order valence-corrected chi connectivity index (χ4v) is 1.71. The lowest BCUT2D eigenvalue weighted by Gasteiger charge is -1.98. The molecule has 0 fully saturated rings. The van der Waals surface area contributed by atoms with E-state index in [1.165, 1.54) is 0 Å². The molecule has 2 aromatic heterocycles. The first-order valence-electron chi connectivity index (χ1n) is 5.08. The first kappa shape index (κ1) is 9.98. The summed E-state index contributed by atoms with van der Waals surface area (Å²) in [6, 6.07) is 5.21. The van der Waals surface area contributed by atoms with Gasteiger partial charge in [-0.3, -0.25) is 0 Å². The van der Waals surface area contributed by atoms with Crippen molar-refractivity contribution in [3.05, 3.63) is 36.1 Å². The van der Waals surface area contributed by atoms with E-state index in [9.17, 15) is 4.39 Å². The second kappa shape index (κ2) is 3.67. The molecule has 1 aromatic carbocycles. The molecule has 0 aliphatic heterocycles. The van der Waals surface area contributed by atoms with Gasteiger partial charge in [-0.1, -0.05) is 11.2 Å². The third-order valence-electron chi connectivity index (χ3n) is 2.55. The summed E-state index contributed by atoms with van der Waals surface area (Å²) in [5.41, 5.74) is 6.08. The number of hydrogen-bond acceptors (Lipinski definition) is 4. The van der Waals surface area contributed by atoms with E-state index >= 15 is 0 Å². The van der Waals surface area contributed by atoms with Crippen molar-refractivity contribution in [3.8, 4) is 11.4 Å². The molecule has 5 nitrogen and oxygen atoms in total. The Hall–Kier alpha value is -2.21. The maximum Gasteiger partial charge on any atom is 0.240 e. The zero-order chi connectivity index (χ0) is 11.8. The normalized spacial score (nSPS) is 11.2. The summed E-state index contributed by atoms with van der Waals surface area (Å²) < 4.78 is 19.0. The van der Waals surface area contributed by atoms with E-state index in [2.05, 4.69) is 15.1 Å². The number of fused-ring (bicyclic) bond motifs is 1. The molecular formula is C11H9FN4O. The highest BCUT2D eigenvalue weighted by molar-refractivity contribution is 5.84. The van der Waals surface area contributed by atoms with Gasteiger partial charge in [0.1, 0.15) is 0 Å². The summed E-state index contributed by atoms with van der Waals surface area (Å²) in [4.78, 5) is 6.83. The van der Waals surface area contributed by atoms with E-state index < -0.39 is 5.82 Å². The van der Waals surface area contributed by atoms with Crippen LogP contribution in [0.15, 0.2) is 28.9 Å². The highest BCUT2D eigenvalue weighted by Crippen LogP contribution is 2.26. The standard InChI is InChI=1S/C11H9FN4O/c12-9-7(11-15-8(5-13)17-16-11)2-1-6-3-4-14-10(6)9/h1-4,14H,5,13H2. The molecule has 3 aromatic rings. The number of H-pyrrole nitrogens is 1. The largest absolute Gasteiger partial charge is 0.359 e.